The number of hydrogen-bond donors (Lipinski definition) is 3. The molecule has 7 rings (SSSR count). The number of rotatable bonds is 6. The Hall–Kier alpha value is -3.95. The number of likely N-dealkylation sites (tertiary alicyclic amines) is 1. The summed E-state index contributed by atoms with van der Waals surface area (Å²) < 4.78 is 24.1. The van der Waals surface area contributed by atoms with E-state index in [2.05, 4.69) is 27.9 Å². The minimum absolute atomic E-state index is 0.0114. The second-order valence-electron chi connectivity index (χ2n) is 11.5. The number of hydrogen-bond acceptors (Lipinski definition) is 6. The van der Waals surface area contributed by atoms with Gasteiger partial charge in [0, 0.05) is 24.8 Å². The predicted molar refractivity (Wildman–Crippen MR) is 159 cm³/mol. The number of piperidine rings is 1. The molecule has 3 aliphatic heterocycles. The number of nitrogens with one attached hydrogen (secondary N) is 3. The first kappa shape index (κ1) is 26.0. The molecule has 4 aromatic rings. The third-order valence-corrected chi connectivity index (χ3v) is 8.86. The zero-order chi connectivity index (χ0) is 28.1. The highest BCUT2D eigenvalue weighted by atomic mass is 19.1. The van der Waals surface area contributed by atoms with Crippen LogP contribution in [0.4, 0.5) is 10.1 Å². The first-order chi connectivity index (χ1) is 20.0. The molecule has 0 aliphatic carbocycles. The lowest BCUT2D eigenvalue weighted by Crippen LogP contribution is -2.36. The van der Waals surface area contributed by atoms with Crippen LogP contribution in [0.15, 0.2) is 53.5 Å². The van der Waals surface area contributed by atoms with E-state index in [9.17, 15) is 9.59 Å². The van der Waals surface area contributed by atoms with Crippen molar-refractivity contribution < 1.29 is 13.9 Å². The Morgan fingerprint density at radius 2 is 1.90 bits per heavy atom. The largest absolute Gasteiger partial charge is 0.451 e. The van der Waals surface area contributed by atoms with Crippen molar-refractivity contribution in [3.05, 3.63) is 70.3 Å². The van der Waals surface area contributed by atoms with Gasteiger partial charge in [-0.05, 0) is 87.8 Å². The standard InChI is InChI=1S/C32H34FN5O3/c1-37-14-4-7-22(37)10-13-35-32(40)24-18-38-26-15-19-5-2-3-6-20(19)16-27(26)41-31-28(36-21-8-11-34-12-9-21)25(33)17-23(29(31)38)30(24)39/h2-3,5-6,15-18,21-22,34,36H,4,7-14H2,1H3,(H,35,40). The summed E-state index contributed by atoms with van der Waals surface area (Å²) in [7, 11) is 2.10. The quantitative estimate of drug-likeness (QED) is 0.280. The van der Waals surface area contributed by atoms with E-state index in [0.717, 1.165) is 62.5 Å². The van der Waals surface area contributed by atoms with Gasteiger partial charge in [-0.2, -0.15) is 0 Å². The van der Waals surface area contributed by atoms with Crippen LogP contribution in [0.5, 0.6) is 11.5 Å². The Labute approximate surface area is 237 Å². The van der Waals surface area contributed by atoms with Crippen molar-refractivity contribution in [1.29, 1.82) is 0 Å². The topological polar surface area (TPSA) is 87.6 Å². The Kier molecular flexibility index (Phi) is 6.63. The first-order valence-electron chi connectivity index (χ1n) is 14.6. The fourth-order valence-electron chi connectivity index (χ4n) is 6.56. The van der Waals surface area contributed by atoms with E-state index in [-0.39, 0.29) is 28.4 Å². The Morgan fingerprint density at radius 3 is 2.66 bits per heavy atom. The number of amides is 1. The summed E-state index contributed by atoms with van der Waals surface area (Å²) in [5, 5.41) is 11.7. The summed E-state index contributed by atoms with van der Waals surface area (Å²) in [6, 6.07) is 13.6. The summed E-state index contributed by atoms with van der Waals surface area (Å²) in [5.74, 6) is -0.208. The Balaban J connectivity index is 1.34. The van der Waals surface area contributed by atoms with Gasteiger partial charge in [-0.15, -0.1) is 0 Å². The molecule has 4 heterocycles. The number of benzene rings is 3. The summed E-state index contributed by atoms with van der Waals surface area (Å²) in [4.78, 5) is 29.4. The molecule has 2 saturated heterocycles. The molecule has 0 saturated carbocycles. The van der Waals surface area contributed by atoms with Crippen molar-refractivity contribution in [1.82, 2.24) is 20.1 Å². The number of aromatic nitrogens is 1. The zero-order valence-corrected chi connectivity index (χ0v) is 23.1. The lowest BCUT2D eigenvalue weighted by atomic mass is 10.0. The van der Waals surface area contributed by atoms with Crippen LogP contribution >= 0.6 is 0 Å². The van der Waals surface area contributed by atoms with Gasteiger partial charge in [0.2, 0.25) is 5.43 Å². The maximum atomic E-state index is 15.8. The lowest BCUT2D eigenvalue weighted by molar-refractivity contribution is 0.0949. The molecule has 8 nitrogen and oxygen atoms in total. The zero-order valence-electron chi connectivity index (χ0n) is 23.1. The molecule has 0 spiro atoms. The fourth-order valence-corrected chi connectivity index (χ4v) is 6.56. The van der Waals surface area contributed by atoms with Crippen molar-refractivity contribution in [2.24, 2.45) is 0 Å². The van der Waals surface area contributed by atoms with Crippen molar-refractivity contribution >= 4 is 33.3 Å². The van der Waals surface area contributed by atoms with E-state index in [4.69, 9.17) is 4.74 Å². The van der Waals surface area contributed by atoms with Gasteiger partial charge in [0.25, 0.3) is 5.91 Å². The van der Waals surface area contributed by atoms with E-state index in [1.54, 1.807) is 6.20 Å². The van der Waals surface area contributed by atoms with Crippen LogP contribution in [0.2, 0.25) is 0 Å². The molecule has 1 amide bonds. The molecule has 0 bridgehead atoms. The highest BCUT2D eigenvalue weighted by Gasteiger charge is 2.30. The summed E-state index contributed by atoms with van der Waals surface area (Å²) in [6.07, 6.45) is 6.37. The van der Waals surface area contributed by atoms with E-state index in [0.29, 0.717) is 29.5 Å². The number of anilines is 1. The third-order valence-electron chi connectivity index (χ3n) is 8.86. The summed E-state index contributed by atoms with van der Waals surface area (Å²) in [6.45, 7) is 3.22. The van der Waals surface area contributed by atoms with Gasteiger partial charge in [0.15, 0.2) is 17.3 Å². The van der Waals surface area contributed by atoms with Crippen molar-refractivity contribution in [2.45, 2.75) is 44.2 Å². The molecule has 3 N–H and O–H groups in total. The molecular weight excluding hydrogens is 521 g/mol. The number of carbonyl (C=O) groups is 1. The number of halogens is 1. The van der Waals surface area contributed by atoms with Gasteiger partial charge in [-0.25, -0.2) is 4.39 Å². The van der Waals surface area contributed by atoms with Crippen LogP contribution in [0.1, 0.15) is 42.5 Å². The Bertz CT molecular complexity index is 1730. The van der Waals surface area contributed by atoms with E-state index in [1.807, 2.05) is 41.0 Å². The van der Waals surface area contributed by atoms with Crippen LogP contribution in [0.25, 0.3) is 27.4 Å². The molecule has 0 radical (unpaired) electrons. The van der Waals surface area contributed by atoms with Crippen molar-refractivity contribution in [3.63, 3.8) is 0 Å². The van der Waals surface area contributed by atoms with Crippen LogP contribution in [-0.4, -0.2) is 60.7 Å². The van der Waals surface area contributed by atoms with Crippen molar-refractivity contribution in [3.8, 4) is 17.2 Å². The second-order valence-corrected chi connectivity index (χ2v) is 11.5. The minimum atomic E-state index is -0.569. The molecular formula is C32H34FN5O3. The molecule has 3 aliphatic rings. The number of carbonyl (C=O) groups excluding carboxylic acids is 1. The van der Waals surface area contributed by atoms with Crippen molar-refractivity contribution in [2.75, 3.05) is 38.5 Å². The second kappa shape index (κ2) is 10.5. The molecule has 1 aromatic heterocycles. The number of nitrogens with zero attached hydrogens (tertiary/aromatic N) is 2. The summed E-state index contributed by atoms with van der Waals surface area (Å²) >= 11 is 0. The normalized spacial score (nSPS) is 18.8. The molecule has 2 fully saturated rings. The Morgan fingerprint density at radius 1 is 1.12 bits per heavy atom. The molecule has 3 aromatic carbocycles. The molecule has 41 heavy (non-hydrogen) atoms. The van der Waals surface area contributed by atoms with Gasteiger partial charge in [-0.3, -0.25) is 9.59 Å². The first-order valence-corrected chi connectivity index (χ1v) is 14.6. The predicted octanol–water partition coefficient (Wildman–Crippen LogP) is 4.77. The highest BCUT2D eigenvalue weighted by Crippen LogP contribution is 2.46. The fraction of sp³-hybridized carbons (Fsp3) is 0.375. The van der Waals surface area contributed by atoms with Gasteiger partial charge in [-0.1, -0.05) is 24.3 Å². The molecule has 1 atom stereocenters. The maximum absolute atomic E-state index is 15.8. The average molecular weight is 556 g/mol. The van der Waals surface area contributed by atoms with Crippen LogP contribution in [-0.2, 0) is 0 Å². The third kappa shape index (κ3) is 4.63. The summed E-state index contributed by atoms with van der Waals surface area (Å²) in [5.41, 5.74) is 0.882. The molecule has 1 unspecified atom stereocenters. The number of pyridine rings is 1. The monoisotopic (exact) mass is 555 g/mol. The maximum Gasteiger partial charge on any atom is 0.256 e. The van der Waals surface area contributed by atoms with Crippen LogP contribution in [0.3, 0.4) is 0 Å². The molecule has 9 heteroatoms. The van der Waals surface area contributed by atoms with E-state index >= 15 is 4.39 Å². The van der Waals surface area contributed by atoms with Crippen LogP contribution < -0.4 is 26.1 Å². The lowest BCUT2D eigenvalue weighted by Gasteiger charge is -2.29. The van der Waals surface area contributed by atoms with Gasteiger partial charge >= 0.3 is 0 Å². The average Bonchev–Trinajstić information content (AvgIpc) is 3.39. The number of ether oxygens (including phenoxy) is 1. The SMILES string of the molecule is CN1CCCC1CCNC(=O)c1cn2c3c(c(NC4CCNCC4)c(F)cc3c1=O)Oc1cc3ccccc3cc1-2. The molecule has 212 valence electrons. The minimum Gasteiger partial charge on any atom is -0.451 e. The smallest absolute Gasteiger partial charge is 0.256 e. The van der Waals surface area contributed by atoms with Gasteiger partial charge < -0.3 is 30.2 Å². The van der Waals surface area contributed by atoms with E-state index < -0.39 is 17.2 Å². The van der Waals surface area contributed by atoms with Gasteiger partial charge in [0.05, 0.1) is 11.1 Å². The van der Waals surface area contributed by atoms with Gasteiger partial charge in [0.1, 0.15) is 16.8 Å². The number of fused-ring (bicyclic) bond motifs is 3. The van der Waals surface area contributed by atoms with Crippen LogP contribution in [0, 0.1) is 5.82 Å². The highest BCUT2D eigenvalue weighted by molar-refractivity contribution is 6.02. The van der Waals surface area contributed by atoms with E-state index in [1.165, 1.54) is 6.07 Å².